The zero-order valence-corrected chi connectivity index (χ0v) is 27.4. The number of methoxy groups -OCH3 is 2. The molecule has 4 heteroatoms. The second kappa shape index (κ2) is 14.1. The van der Waals surface area contributed by atoms with Crippen LogP contribution in [-0.2, 0) is 9.47 Å². The summed E-state index contributed by atoms with van der Waals surface area (Å²) in [4.78, 5) is 0. The Balaban J connectivity index is 1.57. The Hall–Kier alpha value is -2.06. The van der Waals surface area contributed by atoms with Crippen molar-refractivity contribution in [3.8, 4) is 22.3 Å². The molecule has 0 N–H and O–H groups in total. The van der Waals surface area contributed by atoms with Gasteiger partial charge in [0.2, 0.25) is 0 Å². The van der Waals surface area contributed by atoms with E-state index in [4.69, 9.17) is 9.47 Å². The summed E-state index contributed by atoms with van der Waals surface area (Å²) < 4.78 is 26.5. The molecular weight excluding hydrogens is 538 g/mol. The molecule has 0 spiro atoms. The minimum absolute atomic E-state index is 0.178. The molecule has 0 bridgehead atoms. The van der Waals surface area contributed by atoms with Crippen LogP contribution in [0.4, 0.5) is 4.39 Å². The zero-order chi connectivity index (χ0) is 29.8. The number of ether oxygens (including phenoxy) is 2. The summed E-state index contributed by atoms with van der Waals surface area (Å²) in [7, 11) is 4.66. The van der Waals surface area contributed by atoms with Crippen LogP contribution in [0.1, 0.15) is 71.3 Å². The van der Waals surface area contributed by atoms with E-state index in [1.165, 1.54) is 35.1 Å². The predicted octanol–water partition coefficient (Wildman–Crippen LogP) is 10.2. The van der Waals surface area contributed by atoms with Crippen molar-refractivity contribution in [2.45, 2.75) is 89.2 Å². The fraction of sp³-hybridized carbons (Fsp3) is 0.526. The molecule has 2 aliphatic rings. The summed E-state index contributed by atoms with van der Waals surface area (Å²) in [5.74, 6) is 2.67. The van der Waals surface area contributed by atoms with Crippen LogP contribution < -0.4 is 0 Å². The molecule has 0 aromatic heterocycles. The SMILES string of the molecule is COC1CCC(OC)C(PC2C(C(C)C)CC(c3c(-c4ccccc4)cccc3-c3cccc(F)c3)CC2C(C)C)C1. The first-order chi connectivity index (χ1) is 20.3. The molecular formula is C38H50FO2P. The summed E-state index contributed by atoms with van der Waals surface area (Å²) in [6.45, 7) is 9.74. The average molecular weight is 589 g/mol. The van der Waals surface area contributed by atoms with Gasteiger partial charge in [-0.1, -0.05) is 88.4 Å². The van der Waals surface area contributed by atoms with E-state index in [0.717, 1.165) is 33.4 Å². The normalized spacial score (nSPS) is 28.6. The molecule has 3 aromatic carbocycles. The lowest BCUT2D eigenvalue weighted by atomic mass is 9.64. The van der Waals surface area contributed by atoms with Crippen molar-refractivity contribution in [2.24, 2.45) is 23.7 Å². The number of benzene rings is 3. The summed E-state index contributed by atoms with van der Waals surface area (Å²) in [5.41, 5.74) is 7.35. The van der Waals surface area contributed by atoms with E-state index in [9.17, 15) is 4.39 Å². The van der Waals surface area contributed by atoms with Gasteiger partial charge in [0, 0.05) is 19.9 Å². The molecule has 2 fully saturated rings. The van der Waals surface area contributed by atoms with Crippen molar-refractivity contribution in [2.75, 3.05) is 14.2 Å². The van der Waals surface area contributed by atoms with Crippen molar-refractivity contribution in [1.29, 1.82) is 0 Å². The van der Waals surface area contributed by atoms with Crippen LogP contribution in [0.25, 0.3) is 22.3 Å². The van der Waals surface area contributed by atoms with Crippen LogP contribution in [0.3, 0.4) is 0 Å². The van der Waals surface area contributed by atoms with Crippen LogP contribution >= 0.6 is 8.58 Å². The fourth-order valence-electron chi connectivity index (χ4n) is 8.03. The van der Waals surface area contributed by atoms with Gasteiger partial charge in [0.1, 0.15) is 5.82 Å². The second-order valence-electron chi connectivity index (χ2n) is 13.4. The maximum Gasteiger partial charge on any atom is 0.123 e. The van der Waals surface area contributed by atoms with Crippen LogP contribution in [0, 0.1) is 29.5 Å². The van der Waals surface area contributed by atoms with Crippen molar-refractivity contribution in [3.05, 3.63) is 84.2 Å². The maximum atomic E-state index is 14.6. The monoisotopic (exact) mass is 588 g/mol. The van der Waals surface area contributed by atoms with E-state index in [2.05, 4.69) is 82.3 Å². The van der Waals surface area contributed by atoms with Gasteiger partial charge in [0.15, 0.2) is 0 Å². The highest BCUT2D eigenvalue weighted by Gasteiger charge is 2.44. The third-order valence-electron chi connectivity index (χ3n) is 10.3. The largest absolute Gasteiger partial charge is 0.381 e. The van der Waals surface area contributed by atoms with Gasteiger partial charge in [-0.25, -0.2) is 4.39 Å². The molecule has 2 saturated carbocycles. The van der Waals surface area contributed by atoms with E-state index in [1.54, 1.807) is 12.1 Å². The van der Waals surface area contributed by atoms with E-state index in [-0.39, 0.29) is 5.82 Å². The van der Waals surface area contributed by atoms with E-state index >= 15 is 0 Å². The van der Waals surface area contributed by atoms with Crippen molar-refractivity contribution < 1.29 is 13.9 Å². The molecule has 3 aromatic rings. The molecule has 2 nitrogen and oxygen atoms in total. The van der Waals surface area contributed by atoms with Gasteiger partial charge in [-0.2, -0.15) is 0 Å². The summed E-state index contributed by atoms with van der Waals surface area (Å²) in [5, 5.41) is 0. The summed E-state index contributed by atoms with van der Waals surface area (Å²) in [6.07, 6.45) is 6.35. The molecule has 5 rings (SSSR count). The Morgan fingerprint density at radius 3 is 1.93 bits per heavy atom. The first-order valence-electron chi connectivity index (χ1n) is 16.1. The maximum absolute atomic E-state index is 14.6. The summed E-state index contributed by atoms with van der Waals surface area (Å²) in [6, 6.07) is 24.6. The second-order valence-corrected chi connectivity index (χ2v) is 15.1. The van der Waals surface area contributed by atoms with E-state index < -0.39 is 0 Å². The molecule has 2 aliphatic carbocycles. The van der Waals surface area contributed by atoms with Gasteiger partial charge in [-0.05, 0) is 107 Å². The third kappa shape index (κ3) is 6.85. The lowest BCUT2D eigenvalue weighted by Gasteiger charge is -2.49. The van der Waals surface area contributed by atoms with Gasteiger partial charge in [0.25, 0.3) is 0 Å². The zero-order valence-electron chi connectivity index (χ0n) is 26.4. The molecule has 6 atom stereocenters. The smallest absolute Gasteiger partial charge is 0.123 e. The third-order valence-corrected chi connectivity index (χ3v) is 12.5. The predicted molar refractivity (Wildman–Crippen MR) is 177 cm³/mol. The minimum Gasteiger partial charge on any atom is -0.381 e. The first kappa shape index (κ1) is 31.4. The Bertz CT molecular complexity index is 1270. The molecule has 0 radical (unpaired) electrons. The molecule has 0 aliphatic heterocycles. The number of rotatable bonds is 9. The quantitative estimate of drug-likeness (QED) is 0.232. The topological polar surface area (TPSA) is 18.5 Å². The standard InChI is InChI=1S/C38H50FO2P/c1-24(2)33-21-28(22-34(25(3)4)38(33)42-36-23-30(40-5)18-19-35(36)41-6)37-31(26-12-8-7-9-13-26)16-11-17-32(37)27-14-10-15-29(39)20-27/h7-17,20,24-25,28,30,33-36,38,42H,18-19,21-23H2,1-6H3. The number of hydrogen-bond donors (Lipinski definition) is 0. The Morgan fingerprint density at radius 1 is 0.714 bits per heavy atom. The Labute approximate surface area is 255 Å². The van der Waals surface area contributed by atoms with Crippen molar-refractivity contribution >= 4 is 8.58 Å². The first-order valence-corrected chi connectivity index (χ1v) is 17.2. The highest BCUT2D eigenvalue weighted by molar-refractivity contribution is 7.40. The van der Waals surface area contributed by atoms with Crippen molar-refractivity contribution in [1.82, 2.24) is 0 Å². The van der Waals surface area contributed by atoms with Crippen LogP contribution in [-0.4, -0.2) is 37.7 Å². The molecule has 0 saturated heterocycles. The van der Waals surface area contributed by atoms with E-state index in [0.29, 0.717) is 53.1 Å². The van der Waals surface area contributed by atoms with Crippen molar-refractivity contribution in [3.63, 3.8) is 0 Å². The molecule has 6 unspecified atom stereocenters. The van der Waals surface area contributed by atoms with Gasteiger partial charge < -0.3 is 9.47 Å². The number of hydrogen-bond acceptors (Lipinski definition) is 2. The Kier molecular flexibility index (Phi) is 10.6. The Morgan fingerprint density at radius 2 is 1.33 bits per heavy atom. The van der Waals surface area contributed by atoms with Gasteiger partial charge in [0.05, 0.1) is 12.2 Å². The highest BCUT2D eigenvalue weighted by Crippen LogP contribution is 2.56. The number of halogens is 1. The molecule has 0 amide bonds. The minimum atomic E-state index is -0.178. The molecule has 226 valence electrons. The fourth-order valence-corrected chi connectivity index (χ4v) is 11.0. The highest BCUT2D eigenvalue weighted by atomic mass is 31.1. The van der Waals surface area contributed by atoms with Crippen LogP contribution in [0.5, 0.6) is 0 Å². The van der Waals surface area contributed by atoms with Crippen LogP contribution in [0.15, 0.2) is 72.8 Å². The van der Waals surface area contributed by atoms with Gasteiger partial charge in [-0.3, -0.25) is 0 Å². The summed E-state index contributed by atoms with van der Waals surface area (Å²) >= 11 is 0. The van der Waals surface area contributed by atoms with Gasteiger partial charge >= 0.3 is 0 Å². The molecule has 0 heterocycles. The van der Waals surface area contributed by atoms with E-state index in [1.807, 2.05) is 20.3 Å². The lowest BCUT2D eigenvalue weighted by Crippen LogP contribution is -2.43. The van der Waals surface area contributed by atoms with Crippen LogP contribution in [0.2, 0.25) is 0 Å². The molecule has 42 heavy (non-hydrogen) atoms. The van der Waals surface area contributed by atoms with Gasteiger partial charge in [-0.15, -0.1) is 8.58 Å². The lowest BCUT2D eigenvalue weighted by molar-refractivity contribution is 0.00772. The average Bonchev–Trinajstić information content (AvgIpc) is 3.00.